The van der Waals surface area contributed by atoms with E-state index in [1.807, 2.05) is 0 Å². The first-order chi connectivity index (χ1) is 8.95. The molecule has 0 aliphatic heterocycles. The third-order valence-corrected chi connectivity index (χ3v) is 2.39. The standard InChI is InChI=1S/C12H13NO6/c1-2-3-10(11(14)15)19-12(16)8-4-6-9(7-5-8)13(17)18/h4-7,10H,2-3H2,1H3,(H,14,15). The molecule has 7 heteroatoms. The van der Waals surface area contributed by atoms with Gasteiger partial charge in [0.2, 0.25) is 0 Å². The Morgan fingerprint density at radius 2 is 1.95 bits per heavy atom. The van der Waals surface area contributed by atoms with Crippen molar-refractivity contribution >= 4 is 17.6 Å². The molecule has 1 unspecified atom stereocenters. The summed E-state index contributed by atoms with van der Waals surface area (Å²) in [5, 5.41) is 19.3. The van der Waals surface area contributed by atoms with E-state index in [0.29, 0.717) is 6.42 Å². The molecule has 102 valence electrons. The van der Waals surface area contributed by atoms with Gasteiger partial charge in [-0.05, 0) is 18.6 Å². The first-order valence-electron chi connectivity index (χ1n) is 5.64. The molecule has 0 radical (unpaired) electrons. The third kappa shape index (κ3) is 4.06. The van der Waals surface area contributed by atoms with Crippen LogP contribution in [-0.4, -0.2) is 28.1 Å². The minimum Gasteiger partial charge on any atom is -0.479 e. The summed E-state index contributed by atoms with van der Waals surface area (Å²) in [7, 11) is 0. The maximum atomic E-state index is 11.7. The largest absolute Gasteiger partial charge is 0.479 e. The van der Waals surface area contributed by atoms with Crippen molar-refractivity contribution in [1.29, 1.82) is 0 Å². The van der Waals surface area contributed by atoms with E-state index in [0.717, 1.165) is 12.1 Å². The molecule has 1 aromatic rings. The highest BCUT2D eigenvalue weighted by atomic mass is 16.6. The fourth-order valence-electron chi connectivity index (χ4n) is 1.41. The highest BCUT2D eigenvalue weighted by molar-refractivity contribution is 5.91. The number of hydrogen-bond acceptors (Lipinski definition) is 5. The number of carbonyl (C=O) groups is 2. The molecule has 0 spiro atoms. The molecule has 1 atom stereocenters. The Morgan fingerprint density at radius 1 is 1.37 bits per heavy atom. The fraction of sp³-hybridized carbons (Fsp3) is 0.333. The van der Waals surface area contributed by atoms with Crippen molar-refractivity contribution in [2.75, 3.05) is 0 Å². The molecule has 0 fully saturated rings. The molecule has 0 aliphatic rings. The van der Waals surface area contributed by atoms with Gasteiger partial charge in [-0.3, -0.25) is 10.1 Å². The summed E-state index contributed by atoms with van der Waals surface area (Å²) in [6.07, 6.45) is -0.425. The van der Waals surface area contributed by atoms with Crippen molar-refractivity contribution in [3.8, 4) is 0 Å². The summed E-state index contributed by atoms with van der Waals surface area (Å²) in [6.45, 7) is 1.77. The van der Waals surface area contributed by atoms with Crippen LogP contribution in [0.4, 0.5) is 5.69 Å². The Morgan fingerprint density at radius 3 is 2.37 bits per heavy atom. The summed E-state index contributed by atoms with van der Waals surface area (Å²) in [5.41, 5.74) is -0.0761. The van der Waals surface area contributed by atoms with Crippen LogP contribution >= 0.6 is 0 Å². The molecule has 1 aromatic carbocycles. The van der Waals surface area contributed by atoms with Gasteiger partial charge in [-0.25, -0.2) is 9.59 Å². The SMILES string of the molecule is CCCC(OC(=O)c1ccc([N+](=O)[O-])cc1)C(=O)O. The first-order valence-corrected chi connectivity index (χ1v) is 5.64. The number of nitrogens with zero attached hydrogens (tertiary/aromatic N) is 1. The van der Waals surface area contributed by atoms with E-state index in [1.54, 1.807) is 6.92 Å². The number of non-ortho nitro benzene ring substituents is 1. The number of nitro benzene ring substituents is 1. The molecule has 0 bridgehead atoms. The lowest BCUT2D eigenvalue weighted by molar-refractivity contribution is -0.384. The number of esters is 1. The van der Waals surface area contributed by atoms with Crippen LogP contribution in [0.25, 0.3) is 0 Å². The molecule has 0 aliphatic carbocycles. The van der Waals surface area contributed by atoms with Gasteiger partial charge in [0.1, 0.15) is 0 Å². The fourth-order valence-corrected chi connectivity index (χ4v) is 1.41. The normalized spacial score (nSPS) is 11.6. The van der Waals surface area contributed by atoms with Gasteiger partial charge in [0.05, 0.1) is 10.5 Å². The zero-order valence-corrected chi connectivity index (χ0v) is 10.2. The molecule has 0 saturated heterocycles. The van der Waals surface area contributed by atoms with Gasteiger partial charge in [0, 0.05) is 12.1 Å². The second kappa shape index (κ2) is 6.48. The number of nitro groups is 1. The zero-order chi connectivity index (χ0) is 14.4. The molecule has 19 heavy (non-hydrogen) atoms. The summed E-state index contributed by atoms with van der Waals surface area (Å²) < 4.78 is 4.83. The lowest BCUT2D eigenvalue weighted by Gasteiger charge is -2.12. The van der Waals surface area contributed by atoms with Crippen molar-refractivity contribution in [3.63, 3.8) is 0 Å². The average Bonchev–Trinajstić information content (AvgIpc) is 2.38. The van der Waals surface area contributed by atoms with Crippen LogP contribution in [0.15, 0.2) is 24.3 Å². The highest BCUT2D eigenvalue weighted by Gasteiger charge is 2.22. The smallest absolute Gasteiger partial charge is 0.345 e. The summed E-state index contributed by atoms with van der Waals surface area (Å²) in [4.78, 5) is 32.3. The minimum atomic E-state index is -1.21. The van der Waals surface area contributed by atoms with Crippen LogP contribution in [0.3, 0.4) is 0 Å². The second-order valence-electron chi connectivity index (χ2n) is 3.82. The highest BCUT2D eigenvalue weighted by Crippen LogP contribution is 2.14. The van der Waals surface area contributed by atoms with Gasteiger partial charge < -0.3 is 9.84 Å². The van der Waals surface area contributed by atoms with E-state index in [4.69, 9.17) is 9.84 Å². The Hall–Kier alpha value is -2.44. The molecule has 0 heterocycles. The quantitative estimate of drug-likeness (QED) is 0.480. The van der Waals surface area contributed by atoms with Gasteiger partial charge >= 0.3 is 11.9 Å². The number of benzene rings is 1. The summed E-state index contributed by atoms with van der Waals surface area (Å²) in [5.74, 6) is -2.02. The molecule has 1 N–H and O–H groups in total. The summed E-state index contributed by atoms with van der Waals surface area (Å²) in [6, 6.07) is 4.77. The lowest BCUT2D eigenvalue weighted by Crippen LogP contribution is -2.26. The molecule has 1 rings (SSSR count). The van der Waals surface area contributed by atoms with Gasteiger partial charge in [-0.2, -0.15) is 0 Å². The number of carboxylic acids is 1. The Bertz CT molecular complexity index is 481. The van der Waals surface area contributed by atoms with E-state index in [9.17, 15) is 19.7 Å². The van der Waals surface area contributed by atoms with Crippen LogP contribution in [0.5, 0.6) is 0 Å². The number of carboxylic acid groups (broad SMARTS) is 1. The number of ether oxygens (including phenoxy) is 1. The van der Waals surface area contributed by atoms with Crippen LogP contribution in [0, 0.1) is 10.1 Å². The summed E-state index contributed by atoms with van der Waals surface area (Å²) >= 11 is 0. The topological polar surface area (TPSA) is 107 Å². The Balaban J connectivity index is 2.76. The third-order valence-electron chi connectivity index (χ3n) is 2.39. The van der Waals surface area contributed by atoms with Gasteiger partial charge in [0.15, 0.2) is 6.10 Å². The molecule has 7 nitrogen and oxygen atoms in total. The van der Waals surface area contributed by atoms with Gasteiger partial charge in [-0.15, -0.1) is 0 Å². The van der Waals surface area contributed by atoms with Crippen molar-refractivity contribution in [2.24, 2.45) is 0 Å². The van der Waals surface area contributed by atoms with Crippen LogP contribution in [0.2, 0.25) is 0 Å². The maximum Gasteiger partial charge on any atom is 0.345 e. The van der Waals surface area contributed by atoms with E-state index in [2.05, 4.69) is 0 Å². The second-order valence-corrected chi connectivity index (χ2v) is 3.82. The molecule has 0 saturated carbocycles. The average molecular weight is 267 g/mol. The minimum absolute atomic E-state index is 0.0768. The van der Waals surface area contributed by atoms with Crippen molar-refractivity contribution in [3.05, 3.63) is 39.9 Å². The Labute approximate surface area is 109 Å². The van der Waals surface area contributed by atoms with Crippen molar-refractivity contribution in [1.82, 2.24) is 0 Å². The predicted molar refractivity (Wildman–Crippen MR) is 64.8 cm³/mol. The predicted octanol–water partition coefficient (Wildman–Crippen LogP) is 2.00. The van der Waals surface area contributed by atoms with Crippen molar-refractivity contribution in [2.45, 2.75) is 25.9 Å². The number of hydrogen-bond donors (Lipinski definition) is 1. The lowest BCUT2D eigenvalue weighted by atomic mass is 10.2. The number of carbonyl (C=O) groups excluding carboxylic acids is 1. The maximum absolute atomic E-state index is 11.7. The van der Waals surface area contributed by atoms with Crippen LogP contribution in [0.1, 0.15) is 30.1 Å². The van der Waals surface area contributed by atoms with E-state index in [-0.39, 0.29) is 17.7 Å². The number of rotatable bonds is 6. The van der Waals surface area contributed by atoms with E-state index >= 15 is 0 Å². The first kappa shape index (κ1) is 14.6. The molecule has 0 amide bonds. The molecular formula is C12H13NO6. The number of aliphatic carboxylic acids is 1. The van der Waals surface area contributed by atoms with E-state index in [1.165, 1.54) is 12.1 Å². The zero-order valence-electron chi connectivity index (χ0n) is 10.2. The van der Waals surface area contributed by atoms with Gasteiger partial charge in [0.25, 0.3) is 5.69 Å². The molecule has 0 aromatic heterocycles. The van der Waals surface area contributed by atoms with Crippen LogP contribution in [-0.2, 0) is 9.53 Å². The van der Waals surface area contributed by atoms with Crippen LogP contribution < -0.4 is 0 Å². The van der Waals surface area contributed by atoms with E-state index < -0.39 is 23.0 Å². The molecular weight excluding hydrogens is 254 g/mol. The van der Waals surface area contributed by atoms with Gasteiger partial charge in [-0.1, -0.05) is 13.3 Å². The van der Waals surface area contributed by atoms with Crippen molar-refractivity contribution < 1.29 is 24.4 Å². The monoisotopic (exact) mass is 267 g/mol. The Kier molecular flexibility index (Phi) is 4.99.